The molecule has 2 aromatic heterocycles. The van der Waals surface area contributed by atoms with E-state index in [0.717, 1.165) is 5.69 Å². The van der Waals surface area contributed by atoms with Gasteiger partial charge in [0, 0.05) is 57.0 Å². The minimum absolute atomic E-state index is 0.0968. The molecule has 0 saturated carbocycles. The molecule has 0 fully saturated rings. The van der Waals surface area contributed by atoms with Crippen LogP contribution in [-0.2, 0) is 13.0 Å². The topological polar surface area (TPSA) is 132 Å². The maximum absolute atomic E-state index is 13.8. The smallest absolute Gasteiger partial charge is 0.319 e. The van der Waals surface area contributed by atoms with Gasteiger partial charge in [-0.2, -0.15) is 5.10 Å². The second-order valence-corrected chi connectivity index (χ2v) is 9.62. The van der Waals surface area contributed by atoms with E-state index in [1.165, 1.54) is 9.58 Å². The second kappa shape index (κ2) is 10.6. The fourth-order valence-electron chi connectivity index (χ4n) is 4.82. The first kappa shape index (κ1) is 26.5. The van der Waals surface area contributed by atoms with Gasteiger partial charge in [0.1, 0.15) is 17.3 Å². The van der Waals surface area contributed by atoms with Crippen LogP contribution in [0.3, 0.4) is 0 Å². The Labute approximate surface area is 231 Å². The molecule has 12 nitrogen and oxygen atoms in total. The van der Waals surface area contributed by atoms with Crippen LogP contribution in [0.1, 0.15) is 32.4 Å². The predicted molar refractivity (Wildman–Crippen MR) is 148 cm³/mol. The van der Waals surface area contributed by atoms with Gasteiger partial charge >= 0.3 is 6.03 Å². The highest BCUT2D eigenvalue weighted by Gasteiger charge is 2.34. The van der Waals surface area contributed by atoms with E-state index in [1.54, 1.807) is 68.5 Å². The molecule has 0 atom stereocenters. The largest absolute Gasteiger partial charge is 0.497 e. The zero-order valence-corrected chi connectivity index (χ0v) is 22.7. The van der Waals surface area contributed by atoms with Crippen molar-refractivity contribution in [1.82, 2.24) is 29.1 Å². The van der Waals surface area contributed by atoms with Crippen molar-refractivity contribution < 1.29 is 19.1 Å². The number of carbonyl (C=O) groups is 3. The molecular weight excluding hydrogens is 512 g/mol. The van der Waals surface area contributed by atoms with E-state index in [0.29, 0.717) is 53.7 Å². The summed E-state index contributed by atoms with van der Waals surface area (Å²) in [7, 11) is 6.70. The number of nitrogens with two attached hydrogens (primary N) is 1. The van der Waals surface area contributed by atoms with Gasteiger partial charge in [0.05, 0.1) is 19.3 Å². The van der Waals surface area contributed by atoms with E-state index in [-0.39, 0.29) is 17.6 Å². The first-order chi connectivity index (χ1) is 19.2. The van der Waals surface area contributed by atoms with E-state index in [2.05, 4.69) is 10.1 Å². The second-order valence-electron chi connectivity index (χ2n) is 9.62. The Morgan fingerprint density at radius 1 is 1.00 bits per heavy atom. The number of carbonyl (C=O) groups excluding carboxylic acids is 3. The molecule has 0 saturated heterocycles. The van der Waals surface area contributed by atoms with Crippen LogP contribution in [0, 0.1) is 0 Å². The molecule has 0 aliphatic carbocycles. The molecule has 12 heteroatoms. The van der Waals surface area contributed by atoms with Crippen molar-refractivity contribution in [3.8, 4) is 17.1 Å². The zero-order chi connectivity index (χ0) is 28.6. The molecule has 0 unspecified atom stereocenters. The number of amides is 4. The van der Waals surface area contributed by atoms with Crippen molar-refractivity contribution in [2.75, 3.05) is 39.7 Å². The lowest BCUT2D eigenvalue weighted by Crippen LogP contribution is -2.39. The number of fused-ring (bicyclic) bond motifs is 1. The van der Waals surface area contributed by atoms with E-state index >= 15 is 0 Å². The molecule has 0 bridgehead atoms. The molecule has 0 radical (unpaired) electrons. The number of aromatic nitrogens is 4. The van der Waals surface area contributed by atoms with Crippen molar-refractivity contribution in [3.05, 3.63) is 83.7 Å². The van der Waals surface area contributed by atoms with Crippen molar-refractivity contribution in [3.63, 3.8) is 0 Å². The summed E-state index contributed by atoms with van der Waals surface area (Å²) in [5, 5.41) is 4.41. The highest BCUT2D eigenvalue weighted by molar-refractivity contribution is 6.09. The minimum Gasteiger partial charge on any atom is -0.497 e. The van der Waals surface area contributed by atoms with E-state index in [4.69, 9.17) is 10.5 Å². The third-order valence-electron chi connectivity index (χ3n) is 6.81. The summed E-state index contributed by atoms with van der Waals surface area (Å²) in [4.78, 5) is 47.4. The molecule has 5 rings (SSSR count). The van der Waals surface area contributed by atoms with Crippen LogP contribution >= 0.6 is 0 Å². The Hall–Kier alpha value is -5.13. The maximum Gasteiger partial charge on any atom is 0.319 e. The maximum atomic E-state index is 13.8. The number of rotatable bonds is 7. The predicted octanol–water partition coefficient (Wildman–Crippen LogP) is 2.48. The molecule has 206 valence electrons. The third-order valence-corrected chi connectivity index (χ3v) is 6.81. The number of methoxy groups -OCH3 is 1. The fourth-order valence-corrected chi connectivity index (χ4v) is 4.82. The van der Waals surface area contributed by atoms with Gasteiger partial charge < -0.3 is 29.7 Å². The minimum atomic E-state index is -0.678. The van der Waals surface area contributed by atoms with E-state index < -0.39 is 5.91 Å². The fraction of sp³-hybridized carbons (Fsp3) is 0.250. The number of urea groups is 1. The standard InChI is InChI=1S/C28H30N8O4/c1-32(2)28(39)33(3)17-23-30-14-16-34(23)18-5-7-19(8-6-18)35-15-13-22-24(26(29)37)31-36(25(22)27(35)38)20-9-11-21(40-4)12-10-20/h5-12,14,16H,13,15,17H2,1-4H3,(H2,29,37). The molecule has 4 aromatic rings. The highest BCUT2D eigenvalue weighted by Crippen LogP contribution is 2.30. The number of hydrogen-bond donors (Lipinski definition) is 1. The number of benzene rings is 2. The molecule has 1 aliphatic rings. The Morgan fingerprint density at radius 3 is 2.27 bits per heavy atom. The first-order valence-corrected chi connectivity index (χ1v) is 12.6. The molecule has 40 heavy (non-hydrogen) atoms. The van der Waals surface area contributed by atoms with Gasteiger partial charge in [-0.1, -0.05) is 0 Å². The first-order valence-electron chi connectivity index (χ1n) is 12.6. The summed E-state index contributed by atoms with van der Waals surface area (Å²) < 4.78 is 8.61. The van der Waals surface area contributed by atoms with Crippen LogP contribution in [0.5, 0.6) is 5.75 Å². The number of hydrogen-bond acceptors (Lipinski definition) is 6. The number of anilines is 1. The molecule has 1 aliphatic heterocycles. The van der Waals surface area contributed by atoms with Crippen LogP contribution in [0.2, 0.25) is 0 Å². The van der Waals surface area contributed by atoms with Crippen LogP contribution in [0.15, 0.2) is 60.9 Å². The molecule has 2 aromatic carbocycles. The molecule has 3 heterocycles. The van der Waals surface area contributed by atoms with Gasteiger partial charge in [0.2, 0.25) is 0 Å². The van der Waals surface area contributed by atoms with Gasteiger partial charge in [-0.3, -0.25) is 9.59 Å². The number of nitrogens with zero attached hydrogens (tertiary/aromatic N) is 7. The molecule has 0 spiro atoms. The summed E-state index contributed by atoms with van der Waals surface area (Å²) in [5.41, 5.74) is 8.70. The quantitative estimate of drug-likeness (QED) is 0.382. The Bertz CT molecular complexity index is 1570. The number of ether oxygens (including phenoxy) is 1. The SMILES string of the molecule is COc1ccc(-n2nc(C(N)=O)c3c2C(=O)N(c2ccc(-n4ccnc4CN(C)C(=O)N(C)C)cc2)CC3)cc1. The Balaban J connectivity index is 1.43. The van der Waals surface area contributed by atoms with Gasteiger partial charge in [0.25, 0.3) is 11.8 Å². The lowest BCUT2D eigenvalue weighted by atomic mass is 10.0. The average molecular weight is 543 g/mol. The van der Waals surface area contributed by atoms with Crippen molar-refractivity contribution in [1.29, 1.82) is 0 Å². The van der Waals surface area contributed by atoms with E-state index in [9.17, 15) is 14.4 Å². The highest BCUT2D eigenvalue weighted by atomic mass is 16.5. The van der Waals surface area contributed by atoms with Crippen LogP contribution in [0.25, 0.3) is 11.4 Å². The molecule has 4 amide bonds. The lowest BCUT2D eigenvalue weighted by molar-refractivity contribution is 0.0972. The average Bonchev–Trinajstić information content (AvgIpc) is 3.58. The van der Waals surface area contributed by atoms with Crippen LogP contribution < -0.4 is 15.4 Å². The van der Waals surface area contributed by atoms with Crippen molar-refractivity contribution in [2.45, 2.75) is 13.0 Å². The lowest BCUT2D eigenvalue weighted by Gasteiger charge is -2.28. The number of primary amides is 1. The summed E-state index contributed by atoms with van der Waals surface area (Å²) in [5.74, 6) is 0.400. The van der Waals surface area contributed by atoms with Gasteiger partial charge in [-0.25, -0.2) is 14.5 Å². The summed E-state index contributed by atoms with van der Waals surface area (Å²) in [6, 6.07) is 14.4. The van der Waals surface area contributed by atoms with E-state index in [1.807, 2.05) is 35.0 Å². The van der Waals surface area contributed by atoms with Crippen molar-refractivity contribution in [2.24, 2.45) is 5.73 Å². The van der Waals surface area contributed by atoms with Crippen LogP contribution in [-0.4, -0.2) is 81.8 Å². The van der Waals surface area contributed by atoms with Gasteiger partial charge in [0.15, 0.2) is 5.69 Å². The molecule has 2 N–H and O–H groups in total. The third kappa shape index (κ3) is 4.75. The monoisotopic (exact) mass is 542 g/mol. The zero-order valence-electron chi connectivity index (χ0n) is 22.7. The summed E-state index contributed by atoms with van der Waals surface area (Å²) in [6.45, 7) is 0.699. The van der Waals surface area contributed by atoms with Crippen molar-refractivity contribution >= 4 is 23.5 Å². The normalized spacial score (nSPS) is 12.7. The summed E-state index contributed by atoms with van der Waals surface area (Å²) in [6.07, 6.45) is 3.94. The number of imidazole rings is 1. The summed E-state index contributed by atoms with van der Waals surface area (Å²) >= 11 is 0. The Morgan fingerprint density at radius 2 is 1.65 bits per heavy atom. The van der Waals surface area contributed by atoms with Gasteiger partial charge in [-0.15, -0.1) is 0 Å². The van der Waals surface area contributed by atoms with Gasteiger partial charge in [-0.05, 0) is 55.0 Å². The molecular formula is C28H30N8O4. The Kier molecular flexibility index (Phi) is 6.99. The van der Waals surface area contributed by atoms with Crippen LogP contribution in [0.4, 0.5) is 10.5 Å².